The van der Waals surface area contributed by atoms with Crippen molar-refractivity contribution in [1.29, 1.82) is 0 Å². The van der Waals surface area contributed by atoms with E-state index in [1.165, 1.54) is 0 Å². The first-order valence-corrected chi connectivity index (χ1v) is 18.2. The van der Waals surface area contributed by atoms with E-state index in [-0.39, 0.29) is 11.5 Å². The average molecular weight is 733 g/mol. The minimum atomic E-state index is -0.979. The van der Waals surface area contributed by atoms with Gasteiger partial charge in [-0.15, -0.1) is 0 Å². The van der Waals surface area contributed by atoms with Gasteiger partial charge < -0.3 is 24.3 Å². The highest BCUT2D eigenvalue weighted by Crippen LogP contribution is 2.51. The van der Waals surface area contributed by atoms with E-state index in [0.29, 0.717) is 56.2 Å². The highest BCUT2D eigenvalue weighted by atomic mass is 16.5. The van der Waals surface area contributed by atoms with Gasteiger partial charge in [-0.1, -0.05) is 24.3 Å². The molecule has 1 spiro atoms. The summed E-state index contributed by atoms with van der Waals surface area (Å²) in [5.74, 6) is 0.256. The number of pyridine rings is 4. The van der Waals surface area contributed by atoms with E-state index in [1.807, 2.05) is 89.0 Å². The molecule has 0 saturated carbocycles. The highest BCUT2D eigenvalue weighted by Gasteiger charge is 2.50. The Hall–Kier alpha value is -7.47. The normalized spacial score (nSPS) is 16.7. The molecule has 3 aromatic carbocycles. The number of hydrogen-bond acceptors (Lipinski definition) is 12. The van der Waals surface area contributed by atoms with Crippen LogP contribution in [0.4, 0.5) is 28.4 Å². The molecule has 11 rings (SSSR count). The van der Waals surface area contributed by atoms with Gasteiger partial charge in [0.1, 0.15) is 28.4 Å². The highest BCUT2D eigenvalue weighted by molar-refractivity contribution is 6.54. The van der Waals surface area contributed by atoms with Crippen molar-refractivity contribution >= 4 is 68.0 Å². The molecule has 0 radical (unpaired) electrons. The van der Waals surface area contributed by atoms with Crippen molar-refractivity contribution in [2.75, 3.05) is 47.8 Å². The van der Waals surface area contributed by atoms with Gasteiger partial charge in [-0.2, -0.15) is 0 Å². The summed E-state index contributed by atoms with van der Waals surface area (Å²) in [6.45, 7) is 0. The maximum Gasteiger partial charge on any atom is 0.302 e. The lowest BCUT2D eigenvalue weighted by molar-refractivity contribution is 0.106. The van der Waals surface area contributed by atoms with Crippen molar-refractivity contribution in [3.8, 4) is 28.4 Å². The lowest BCUT2D eigenvalue weighted by Gasteiger charge is -2.41. The summed E-state index contributed by atoms with van der Waals surface area (Å²) in [7, 11) is 8.01. The largest absolute Gasteiger partial charge is 0.442 e. The first-order chi connectivity index (χ1) is 27.3. The van der Waals surface area contributed by atoms with Crippen LogP contribution in [0.2, 0.25) is 0 Å². The smallest absolute Gasteiger partial charge is 0.302 e. The summed E-state index contributed by atoms with van der Waals surface area (Å²) in [6.07, 6.45) is 8.81. The van der Waals surface area contributed by atoms with Crippen molar-refractivity contribution in [3.63, 3.8) is 0 Å². The molecule has 56 heavy (non-hydrogen) atoms. The fourth-order valence-corrected chi connectivity index (χ4v) is 8.42. The molecule has 1 aliphatic carbocycles. The number of Topliss-reactive ketones (excluding diaryl/α,β-unsaturated/α-hetero) is 1. The second-order valence-corrected chi connectivity index (χ2v) is 14.2. The van der Waals surface area contributed by atoms with Gasteiger partial charge in [-0.05, 0) is 66.7 Å². The molecule has 0 bridgehead atoms. The predicted octanol–water partition coefficient (Wildman–Crippen LogP) is 7.61. The number of rotatable bonds is 2. The molecule has 7 heterocycles. The SMILES string of the molecule is CN1C(=C/N=C2\C(=O)c3cccnc3-c3ncc(-c4ccc5c6c(c7cccnc7c5n4)N=CC4(O6)N(C)c5ccccc5N4C)cc32)N(C)c2ccccc21. The Balaban J connectivity index is 1.05. The summed E-state index contributed by atoms with van der Waals surface area (Å²) in [4.78, 5) is 52.0. The van der Waals surface area contributed by atoms with Crippen LogP contribution in [-0.4, -0.2) is 71.7 Å². The number of ketones is 1. The molecule has 270 valence electrons. The van der Waals surface area contributed by atoms with E-state index < -0.39 is 5.85 Å². The van der Waals surface area contributed by atoms with E-state index in [2.05, 4.69) is 48.8 Å². The zero-order valence-electron chi connectivity index (χ0n) is 30.8. The van der Waals surface area contributed by atoms with Crippen LogP contribution in [0, 0.1) is 0 Å². The van der Waals surface area contributed by atoms with Gasteiger partial charge in [0, 0.05) is 68.7 Å². The van der Waals surface area contributed by atoms with Crippen molar-refractivity contribution in [1.82, 2.24) is 19.9 Å². The second-order valence-electron chi connectivity index (χ2n) is 14.2. The zero-order chi connectivity index (χ0) is 37.9. The first-order valence-electron chi connectivity index (χ1n) is 18.2. The Morgan fingerprint density at radius 1 is 0.696 bits per heavy atom. The molecule has 7 aromatic rings. The molecular formula is C44H32N10O2. The molecule has 0 fully saturated rings. The van der Waals surface area contributed by atoms with Gasteiger partial charge in [0.2, 0.25) is 5.78 Å². The molecule has 0 amide bonds. The average Bonchev–Trinajstić information content (AvgIpc) is 3.61. The summed E-state index contributed by atoms with van der Waals surface area (Å²) in [6, 6.07) is 29.7. The lowest BCUT2D eigenvalue weighted by Crippen LogP contribution is -2.61. The molecule has 12 nitrogen and oxygen atoms in total. The molecule has 4 aliphatic rings. The summed E-state index contributed by atoms with van der Waals surface area (Å²) in [5, 5.41) is 1.61. The van der Waals surface area contributed by atoms with E-state index in [0.717, 1.165) is 39.3 Å². The molecule has 4 aromatic heterocycles. The molecule has 0 N–H and O–H groups in total. The Morgan fingerprint density at radius 3 is 2.12 bits per heavy atom. The Kier molecular flexibility index (Phi) is 6.58. The number of para-hydroxylation sites is 4. The third-order valence-corrected chi connectivity index (χ3v) is 11.4. The van der Waals surface area contributed by atoms with Crippen LogP contribution in [0.25, 0.3) is 44.5 Å². The fraction of sp³-hybridized carbons (Fsp3) is 0.114. The minimum absolute atomic E-state index is 0.221. The third kappa shape index (κ3) is 4.26. The van der Waals surface area contributed by atoms with Crippen LogP contribution < -0.4 is 24.3 Å². The minimum Gasteiger partial charge on any atom is -0.442 e. The Bertz CT molecular complexity index is 2910. The number of benzene rings is 3. The Morgan fingerprint density at radius 2 is 1.38 bits per heavy atom. The molecule has 3 aliphatic heterocycles. The van der Waals surface area contributed by atoms with E-state index in [9.17, 15) is 4.79 Å². The maximum atomic E-state index is 14.2. The number of carbonyl (C=O) groups excluding carboxylic acids is 1. The van der Waals surface area contributed by atoms with Crippen molar-refractivity contribution in [2.24, 2.45) is 9.98 Å². The molecule has 0 atom stereocenters. The number of carbonyl (C=O) groups is 1. The molecular weight excluding hydrogens is 701 g/mol. The standard InChI is InChI=1S/C44H32N10O2/c1-51-31-13-5-6-14-32(31)52(2)35(51)23-48-40-29-21-25(22-47-38(29)37-27(42(40)55)12-10-20-46-37)30-18-17-28-39(50-30)36-26(11-9-19-45-36)41-43(28)56-44(24-49-41)53(3)33-15-7-8-16-34(33)54(44)4/h5-24H,1-4H3/b48-40-. The maximum absolute atomic E-state index is 14.2. The van der Waals surface area contributed by atoms with Gasteiger partial charge >= 0.3 is 5.85 Å². The topological polar surface area (TPSA) is 116 Å². The number of aromatic nitrogens is 4. The quantitative estimate of drug-likeness (QED) is 0.165. The lowest BCUT2D eigenvalue weighted by atomic mass is 9.88. The van der Waals surface area contributed by atoms with Crippen molar-refractivity contribution in [3.05, 3.63) is 133 Å². The van der Waals surface area contributed by atoms with Crippen LogP contribution >= 0.6 is 0 Å². The van der Waals surface area contributed by atoms with E-state index in [4.69, 9.17) is 29.7 Å². The van der Waals surface area contributed by atoms with Gasteiger partial charge in [-0.3, -0.25) is 19.7 Å². The fourth-order valence-electron chi connectivity index (χ4n) is 8.42. The van der Waals surface area contributed by atoms with Crippen LogP contribution in [0.5, 0.6) is 5.75 Å². The number of hydrogen-bond donors (Lipinski definition) is 0. The number of anilines is 4. The van der Waals surface area contributed by atoms with Crippen LogP contribution in [0.15, 0.2) is 132 Å². The summed E-state index contributed by atoms with van der Waals surface area (Å²) in [5.41, 5.74) is 10.1. The van der Waals surface area contributed by atoms with Crippen LogP contribution in [0.1, 0.15) is 15.9 Å². The monoisotopic (exact) mass is 732 g/mol. The molecule has 0 saturated heterocycles. The van der Waals surface area contributed by atoms with Gasteiger partial charge in [0.05, 0.1) is 57.6 Å². The van der Waals surface area contributed by atoms with Gasteiger partial charge in [-0.25, -0.2) is 15.0 Å². The number of ether oxygens (including phenoxy) is 1. The van der Waals surface area contributed by atoms with Crippen molar-refractivity contribution < 1.29 is 9.53 Å². The predicted molar refractivity (Wildman–Crippen MR) is 220 cm³/mol. The van der Waals surface area contributed by atoms with Crippen LogP contribution in [0.3, 0.4) is 0 Å². The second kappa shape index (κ2) is 11.5. The van der Waals surface area contributed by atoms with Crippen LogP contribution in [-0.2, 0) is 0 Å². The summed E-state index contributed by atoms with van der Waals surface area (Å²) < 4.78 is 7.04. The molecule has 0 unspecified atom stereocenters. The summed E-state index contributed by atoms with van der Waals surface area (Å²) >= 11 is 0. The third-order valence-electron chi connectivity index (χ3n) is 11.4. The number of aliphatic imine (C=N–C) groups is 2. The van der Waals surface area contributed by atoms with E-state index >= 15 is 0 Å². The van der Waals surface area contributed by atoms with Crippen molar-refractivity contribution in [2.45, 2.75) is 5.85 Å². The first kappa shape index (κ1) is 32.0. The number of fused-ring (bicyclic) bond motifs is 11. The van der Waals surface area contributed by atoms with Gasteiger partial charge in [0.15, 0.2) is 5.75 Å². The molecule has 12 heteroatoms. The number of nitrogens with zero attached hydrogens (tertiary/aromatic N) is 10. The van der Waals surface area contributed by atoms with Gasteiger partial charge in [0.25, 0.3) is 0 Å². The van der Waals surface area contributed by atoms with E-state index in [1.54, 1.807) is 36.9 Å². The Labute approximate surface area is 321 Å². The zero-order valence-corrected chi connectivity index (χ0v) is 30.8.